The van der Waals surface area contributed by atoms with Crippen LogP contribution in [0, 0.1) is 0 Å². The molecule has 2 aromatic heterocycles. The van der Waals surface area contributed by atoms with Crippen molar-refractivity contribution in [3.63, 3.8) is 0 Å². The van der Waals surface area contributed by atoms with E-state index in [9.17, 15) is 0 Å². The van der Waals surface area contributed by atoms with Gasteiger partial charge < -0.3 is 0 Å². The Kier molecular flexibility index (Phi) is 2.00. The Hall–Kier alpha value is -2.43. The molecule has 76 valence electrons. The molecule has 0 fully saturated rings. The zero-order chi connectivity index (χ0) is 10.8. The van der Waals surface area contributed by atoms with Crippen LogP contribution in [0.25, 0.3) is 22.3 Å². The van der Waals surface area contributed by atoms with E-state index in [1.165, 1.54) is 12.7 Å². The van der Waals surface area contributed by atoms with Crippen molar-refractivity contribution in [2.75, 3.05) is 0 Å². The third-order valence-electron chi connectivity index (χ3n) is 2.28. The Labute approximate surface area is 91.2 Å². The minimum Gasteiger partial charge on any atom is -0.225 e. The molecule has 5 nitrogen and oxygen atoms in total. The molecule has 1 aromatic carbocycles. The van der Waals surface area contributed by atoms with Gasteiger partial charge in [-0.05, 0) is 6.07 Å². The van der Waals surface area contributed by atoms with Crippen molar-refractivity contribution >= 4 is 10.9 Å². The Morgan fingerprint density at radius 2 is 1.75 bits per heavy atom. The molecule has 0 radical (unpaired) electrons. The maximum absolute atomic E-state index is 4.11. The van der Waals surface area contributed by atoms with Gasteiger partial charge in [0, 0.05) is 10.9 Å². The van der Waals surface area contributed by atoms with Gasteiger partial charge in [0.25, 0.3) is 0 Å². The monoisotopic (exact) mass is 209 g/mol. The highest BCUT2D eigenvalue weighted by Gasteiger charge is 2.06. The van der Waals surface area contributed by atoms with Crippen LogP contribution in [-0.4, -0.2) is 25.1 Å². The molecule has 0 atom stereocenters. The highest BCUT2D eigenvalue weighted by molar-refractivity contribution is 5.91. The van der Waals surface area contributed by atoms with Crippen LogP contribution in [-0.2, 0) is 0 Å². The van der Waals surface area contributed by atoms with E-state index in [4.69, 9.17) is 0 Å². The topological polar surface area (TPSA) is 64.5 Å². The van der Waals surface area contributed by atoms with Crippen LogP contribution in [0.4, 0.5) is 0 Å². The lowest BCUT2D eigenvalue weighted by Crippen LogP contribution is -1.93. The molecule has 0 bridgehead atoms. The molecule has 0 N–H and O–H groups in total. The Balaban J connectivity index is 2.32. The minimum absolute atomic E-state index is 0.612. The summed E-state index contributed by atoms with van der Waals surface area (Å²) in [7, 11) is 0. The van der Waals surface area contributed by atoms with Crippen molar-refractivity contribution in [3.8, 4) is 11.4 Å². The number of rotatable bonds is 1. The van der Waals surface area contributed by atoms with Gasteiger partial charge >= 0.3 is 0 Å². The molecule has 0 aliphatic carbocycles. The summed E-state index contributed by atoms with van der Waals surface area (Å²) in [4.78, 5) is 12.0. The second-order valence-corrected chi connectivity index (χ2v) is 3.24. The molecular weight excluding hydrogens is 202 g/mol. The van der Waals surface area contributed by atoms with Crippen molar-refractivity contribution in [1.29, 1.82) is 0 Å². The number of fused-ring (bicyclic) bond motifs is 1. The second kappa shape index (κ2) is 3.62. The third-order valence-corrected chi connectivity index (χ3v) is 2.28. The Morgan fingerprint density at radius 1 is 0.938 bits per heavy atom. The molecule has 0 unspecified atom stereocenters. The largest absolute Gasteiger partial charge is 0.225 e. The maximum Gasteiger partial charge on any atom is 0.164 e. The summed E-state index contributed by atoms with van der Waals surface area (Å²) in [6.07, 6.45) is 4.60. The summed E-state index contributed by atoms with van der Waals surface area (Å²) in [5, 5.41) is 8.97. The van der Waals surface area contributed by atoms with E-state index < -0.39 is 0 Å². The zero-order valence-electron chi connectivity index (χ0n) is 8.28. The van der Waals surface area contributed by atoms with Gasteiger partial charge in [-0.1, -0.05) is 18.2 Å². The van der Waals surface area contributed by atoms with Crippen LogP contribution in [0.15, 0.2) is 43.1 Å². The van der Waals surface area contributed by atoms with E-state index in [0.29, 0.717) is 5.82 Å². The van der Waals surface area contributed by atoms with Gasteiger partial charge in [0.1, 0.15) is 12.7 Å². The summed E-state index contributed by atoms with van der Waals surface area (Å²) < 4.78 is 0. The van der Waals surface area contributed by atoms with Crippen molar-refractivity contribution in [1.82, 2.24) is 25.1 Å². The zero-order valence-corrected chi connectivity index (χ0v) is 8.28. The summed E-state index contributed by atoms with van der Waals surface area (Å²) in [5.41, 5.74) is 1.70. The molecule has 3 rings (SSSR count). The number of hydrogen-bond acceptors (Lipinski definition) is 5. The molecule has 0 aliphatic rings. The Bertz CT molecular complexity index is 618. The van der Waals surface area contributed by atoms with Crippen molar-refractivity contribution in [2.45, 2.75) is 0 Å². The summed E-state index contributed by atoms with van der Waals surface area (Å²) >= 11 is 0. The van der Waals surface area contributed by atoms with Crippen LogP contribution in [0.2, 0.25) is 0 Å². The average Bonchev–Trinajstić information content (AvgIpc) is 2.39. The standard InChI is InChI=1S/C11H7N5/c1-2-4-10-8(3-1)9(5-15-16-10)11-13-6-12-7-14-11/h1-7H. The average molecular weight is 209 g/mol. The number of benzene rings is 1. The first-order valence-electron chi connectivity index (χ1n) is 4.78. The predicted octanol–water partition coefficient (Wildman–Crippen LogP) is 1.48. The maximum atomic E-state index is 4.11. The van der Waals surface area contributed by atoms with Crippen LogP contribution >= 0.6 is 0 Å². The highest BCUT2D eigenvalue weighted by atomic mass is 15.1. The van der Waals surface area contributed by atoms with E-state index in [1.807, 2.05) is 24.3 Å². The molecule has 0 saturated heterocycles. The van der Waals surface area contributed by atoms with Crippen LogP contribution < -0.4 is 0 Å². The van der Waals surface area contributed by atoms with Crippen LogP contribution in [0.5, 0.6) is 0 Å². The first-order valence-corrected chi connectivity index (χ1v) is 4.78. The second-order valence-electron chi connectivity index (χ2n) is 3.24. The van der Waals surface area contributed by atoms with Gasteiger partial charge in [-0.3, -0.25) is 0 Å². The van der Waals surface area contributed by atoms with Gasteiger partial charge in [0.2, 0.25) is 0 Å². The van der Waals surface area contributed by atoms with Crippen LogP contribution in [0.3, 0.4) is 0 Å². The number of aromatic nitrogens is 5. The fourth-order valence-electron chi connectivity index (χ4n) is 1.56. The molecule has 3 aromatic rings. The normalized spacial score (nSPS) is 10.5. The van der Waals surface area contributed by atoms with E-state index in [1.54, 1.807) is 6.20 Å². The molecule has 0 amide bonds. The highest BCUT2D eigenvalue weighted by Crippen LogP contribution is 2.22. The van der Waals surface area contributed by atoms with Crippen molar-refractivity contribution < 1.29 is 0 Å². The molecule has 0 spiro atoms. The smallest absolute Gasteiger partial charge is 0.164 e. The van der Waals surface area contributed by atoms with Gasteiger partial charge in [-0.15, -0.1) is 0 Å². The predicted molar refractivity (Wildman–Crippen MR) is 58.4 cm³/mol. The first-order chi connectivity index (χ1) is 7.95. The quantitative estimate of drug-likeness (QED) is 0.607. The van der Waals surface area contributed by atoms with Gasteiger partial charge in [0.15, 0.2) is 5.82 Å². The summed E-state index contributed by atoms with van der Waals surface area (Å²) in [5.74, 6) is 0.612. The van der Waals surface area contributed by atoms with Gasteiger partial charge in [-0.25, -0.2) is 15.0 Å². The Morgan fingerprint density at radius 3 is 2.62 bits per heavy atom. The molecule has 0 aliphatic heterocycles. The lowest BCUT2D eigenvalue weighted by atomic mass is 10.1. The lowest BCUT2D eigenvalue weighted by molar-refractivity contribution is 1.04. The summed E-state index contributed by atoms with van der Waals surface area (Å²) in [6, 6.07) is 7.76. The summed E-state index contributed by atoms with van der Waals surface area (Å²) in [6.45, 7) is 0. The van der Waals surface area contributed by atoms with E-state index >= 15 is 0 Å². The number of nitrogens with zero attached hydrogens (tertiary/aromatic N) is 5. The molecule has 5 heteroatoms. The SMILES string of the molecule is c1ccc2c(-c3ncncn3)cnnc2c1. The van der Waals surface area contributed by atoms with Crippen molar-refractivity contribution in [2.24, 2.45) is 0 Å². The van der Waals surface area contributed by atoms with E-state index in [-0.39, 0.29) is 0 Å². The third kappa shape index (κ3) is 1.38. The molecular formula is C11H7N5. The molecule has 0 saturated carbocycles. The first kappa shape index (κ1) is 8.84. The van der Waals surface area contributed by atoms with Crippen molar-refractivity contribution in [3.05, 3.63) is 43.1 Å². The molecule has 2 heterocycles. The van der Waals surface area contributed by atoms with Gasteiger partial charge in [0.05, 0.1) is 11.7 Å². The van der Waals surface area contributed by atoms with E-state index in [0.717, 1.165) is 16.5 Å². The fraction of sp³-hybridized carbons (Fsp3) is 0. The minimum atomic E-state index is 0.612. The van der Waals surface area contributed by atoms with E-state index in [2.05, 4.69) is 25.1 Å². The fourth-order valence-corrected chi connectivity index (χ4v) is 1.56. The van der Waals surface area contributed by atoms with Gasteiger partial charge in [-0.2, -0.15) is 10.2 Å². The molecule has 16 heavy (non-hydrogen) atoms. The lowest BCUT2D eigenvalue weighted by Gasteiger charge is -2.02. The van der Waals surface area contributed by atoms with Crippen LogP contribution in [0.1, 0.15) is 0 Å². The number of hydrogen-bond donors (Lipinski definition) is 0.